The fraction of sp³-hybridized carbons (Fsp3) is 0.200. The average Bonchev–Trinajstić information content (AvgIpc) is 2.40. The predicted molar refractivity (Wildman–Crippen MR) is 70.0 cm³/mol. The van der Waals surface area contributed by atoms with Gasteiger partial charge in [-0.2, -0.15) is 0 Å². The van der Waals surface area contributed by atoms with Gasteiger partial charge in [-0.3, -0.25) is 9.78 Å². The Morgan fingerprint density at radius 2 is 1.94 bits per heavy atom. The van der Waals surface area contributed by atoms with Crippen molar-refractivity contribution in [1.82, 2.24) is 4.98 Å². The molecule has 0 aliphatic heterocycles. The van der Waals surface area contributed by atoms with Crippen molar-refractivity contribution in [1.29, 1.82) is 0 Å². The van der Waals surface area contributed by atoms with Gasteiger partial charge in [-0.25, -0.2) is 0 Å². The molecule has 0 radical (unpaired) electrons. The quantitative estimate of drug-likeness (QED) is 0.773. The first-order valence-electron chi connectivity index (χ1n) is 5.77. The van der Waals surface area contributed by atoms with Crippen LogP contribution >= 0.6 is 0 Å². The molecule has 0 saturated carbocycles. The molecule has 0 N–H and O–H groups in total. The fourth-order valence-corrected chi connectivity index (χ4v) is 1.78. The molecule has 0 aliphatic rings. The Kier molecular flexibility index (Phi) is 3.72. The number of pyridine rings is 1. The molecule has 0 bridgehead atoms. The van der Waals surface area contributed by atoms with Crippen molar-refractivity contribution in [2.45, 2.75) is 13.3 Å². The van der Waals surface area contributed by atoms with Crippen LogP contribution in [0.25, 0.3) is 0 Å². The van der Waals surface area contributed by atoms with Crippen LogP contribution in [-0.4, -0.2) is 17.9 Å². The highest BCUT2D eigenvalue weighted by molar-refractivity contribution is 5.97. The molecule has 3 heteroatoms. The number of rotatable bonds is 4. The van der Waals surface area contributed by atoms with Crippen LogP contribution in [0.2, 0.25) is 0 Å². The van der Waals surface area contributed by atoms with Gasteiger partial charge < -0.3 is 4.74 Å². The standard InChI is InChI=1S/C15H15NO2/c1-11-3-4-13(10-15(11)18-2)14(17)9-12-5-7-16-8-6-12/h3-8,10H,9H2,1-2H3. The summed E-state index contributed by atoms with van der Waals surface area (Å²) < 4.78 is 5.22. The molecule has 3 nitrogen and oxygen atoms in total. The van der Waals surface area contributed by atoms with Crippen molar-refractivity contribution in [3.8, 4) is 5.75 Å². The van der Waals surface area contributed by atoms with Crippen molar-refractivity contribution in [3.05, 3.63) is 59.4 Å². The maximum atomic E-state index is 12.1. The third kappa shape index (κ3) is 2.74. The second kappa shape index (κ2) is 5.45. The molecule has 2 aromatic rings. The van der Waals surface area contributed by atoms with Crippen LogP contribution in [0, 0.1) is 6.92 Å². The normalized spacial score (nSPS) is 10.1. The maximum Gasteiger partial charge on any atom is 0.167 e. The number of aryl methyl sites for hydroxylation is 1. The number of aromatic nitrogens is 1. The van der Waals surface area contributed by atoms with Gasteiger partial charge in [0, 0.05) is 24.4 Å². The average molecular weight is 241 g/mol. The molecule has 0 amide bonds. The molecule has 0 atom stereocenters. The molecule has 0 saturated heterocycles. The van der Waals surface area contributed by atoms with Gasteiger partial charge in [0.05, 0.1) is 7.11 Å². The monoisotopic (exact) mass is 241 g/mol. The number of Topliss-reactive ketones (excluding diaryl/α,β-unsaturated/α-hetero) is 1. The molecular weight excluding hydrogens is 226 g/mol. The third-order valence-corrected chi connectivity index (χ3v) is 2.84. The molecule has 0 spiro atoms. The molecule has 18 heavy (non-hydrogen) atoms. The van der Waals surface area contributed by atoms with Crippen LogP contribution in [0.3, 0.4) is 0 Å². The van der Waals surface area contributed by atoms with Gasteiger partial charge >= 0.3 is 0 Å². The summed E-state index contributed by atoms with van der Waals surface area (Å²) in [7, 11) is 1.61. The van der Waals surface area contributed by atoms with Crippen LogP contribution in [0.5, 0.6) is 5.75 Å². The van der Waals surface area contributed by atoms with E-state index in [1.165, 1.54) is 0 Å². The molecular formula is C15H15NO2. The summed E-state index contributed by atoms with van der Waals surface area (Å²) in [4.78, 5) is 16.1. The number of ketones is 1. The van der Waals surface area contributed by atoms with E-state index in [4.69, 9.17) is 4.74 Å². The third-order valence-electron chi connectivity index (χ3n) is 2.84. The van der Waals surface area contributed by atoms with E-state index in [9.17, 15) is 4.79 Å². The maximum absolute atomic E-state index is 12.1. The van der Waals surface area contributed by atoms with Crippen molar-refractivity contribution < 1.29 is 9.53 Å². The van der Waals surface area contributed by atoms with Crippen molar-refractivity contribution in [2.75, 3.05) is 7.11 Å². The first-order valence-corrected chi connectivity index (χ1v) is 5.77. The summed E-state index contributed by atoms with van der Waals surface area (Å²) in [5.41, 5.74) is 2.67. The van der Waals surface area contributed by atoms with E-state index >= 15 is 0 Å². The van der Waals surface area contributed by atoms with Crippen molar-refractivity contribution in [2.24, 2.45) is 0 Å². The second-order valence-corrected chi connectivity index (χ2v) is 4.14. The number of ether oxygens (including phenoxy) is 1. The molecule has 1 aromatic carbocycles. The predicted octanol–water partition coefficient (Wildman–Crippen LogP) is 2.82. The highest BCUT2D eigenvalue weighted by atomic mass is 16.5. The summed E-state index contributed by atoms with van der Waals surface area (Å²) in [6, 6.07) is 9.23. The van der Waals surface area contributed by atoms with Crippen LogP contribution in [0.15, 0.2) is 42.7 Å². The van der Waals surface area contributed by atoms with E-state index < -0.39 is 0 Å². The summed E-state index contributed by atoms with van der Waals surface area (Å²) in [5.74, 6) is 0.829. The van der Waals surface area contributed by atoms with Gasteiger partial charge in [0.15, 0.2) is 5.78 Å². The van der Waals surface area contributed by atoms with E-state index in [0.717, 1.165) is 16.9 Å². The Balaban J connectivity index is 2.19. The number of carbonyl (C=O) groups excluding carboxylic acids is 1. The van der Waals surface area contributed by atoms with Crippen LogP contribution in [0.1, 0.15) is 21.5 Å². The molecule has 0 aliphatic carbocycles. The van der Waals surface area contributed by atoms with E-state index in [0.29, 0.717) is 12.0 Å². The Morgan fingerprint density at radius 3 is 2.61 bits per heavy atom. The summed E-state index contributed by atoms with van der Waals surface area (Å²) in [6.07, 6.45) is 3.77. The number of nitrogens with zero attached hydrogens (tertiary/aromatic N) is 1. The zero-order chi connectivity index (χ0) is 13.0. The number of hydrogen-bond donors (Lipinski definition) is 0. The lowest BCUT2D eigenvalue weighted by atomic mass is 10.0. The van der Waals surface area contributed by atoms with E-state index in [1.807, 2.05) is 31.2 Å². The first-order chi connectivity index (χ1) is 8.70. The molecule has 0 fully saturated rings. The largest absolute Gasteiger partial charge is 0.496 e. The van der Waals surface area contributed by atoms with Crippen LogP contribution in [-0.2, 0) is 6.42 Å². The Labute approximate surface area is 106 Å². The lowest BCUT2D eigenvalue weighted by Crippen LogP contribution is -2.04. The van der Waals surface area contributed by atoms with Crippen LogP contribution in [0.4, 0.5) is 0 Å². The number of hydrogen-bond acceptors (Lipinski definition) is 3. The van der Waals surface area contributed by atoms with Crippen molar-refractivity contribution >= 4 is 5.78 Å². The molecule has 0 unspecified atom stereocenters. The van der Waals surface area contributed by atoms with E-state index in [2.05, 4.69) is 4.98 Å². The lowest BCUT2D eigenvalue weighted by Gasteiger charge is -2.07. The lowest BCUT2D eigenvalue weighted by molar-refractivity contribution is 0.0992. The van der Waals surface area contributed by atoms with Gasteiger partial charge in [-0.1, -0.05) is 12.1 Å². The molecule has 92 valence electrons. The summed E-state index contributed by atoms with van der Waals surface area (Å²) >= 11 is 0. The minimum absolute atomic E-state index is 0.0829. The van der Waals surface area contributed by atoms with Gasteiger partial charge in [-0.15, -0.1) is 0 Å². The zero-order valence-corrected chi connectivity index (χ0v) is 10.5. The summed E-state index contributed by atoms with van der Waals surface area (Å²) in [5, 5.41) is 0. The zero-order valence-electron chi connectivity index (χ0n) is 10.5. The summed E-state index contributed by atoms with van der Waals surface area (Å²) in [6.45, 7) is 1.95. The van der Waals surface area contributed by atoms with E-state index in [1.54, 1.807) is 25.6 Å². The van der Waals surface area contributed by atoms with Gasteiger partial charge in [0.1, 0.15) is 5.75 Å². The molecule has 1 aromatic heterocycles. The van der Waals surface area contributed by atoms with Crippen molar-refractivity contribution in [3.63, 3.8) is 0 Å². The number of methoxy groups -OCH3 is 1. The van der Waals surface area contributed by atoms with Crippen LogP contribution < -0.4 is 4.74 Å². The van der Waals surface area contributed by atoms with Gasteiger partial charge in [-0.05, 0) is 36.2 Å². The van der Waals surface area contributed by atoms with Gasteiger partial charge in [0.25, 0.3) is 0 Å². The Bertz CT molecular complexity index is 550. The number of carbonyl (C=O) groups is 1. The number of benzene rings is 1. The fourth-order valence-electron chi connectivity index (χ4n) is 1.78. The molecule has 1 heterocycles. The Morgan fingerprint density at radius 1 is 1.22 bits per heavy atom. The first kappa shape index (κ1) is 12.3. The minimum Gasteiger partial charge on any atom is -0.496 e. The highest BCUT2D eigenvalue weighted by Gasteiger charge is 2.09. The minimum atomic E-state index is 0.0829. The topological polar surface area (TPSA) is 39.2 Å². The van der Waals surface area contributed by atoms with Gasteiger partial charge in [0.2, 0.25) is 0 Å². The highest BCUT2D eigenvalue weighted by Crippen LogP contribution is 2.20. The second-order valence-electron chi connectivity index (χ2n) is 4.14. The van der Waals surface area contributed by atoms with E-state index in [-0.39, 0.29) is 5.78 Å². The molecule has 2 rings (SSSR count). The smallest absolute Gasteiger partial charge is 0.167 e. The SMILES string of the molecule is COc1cc(C(=O)Cc2ccncc2)ccc1C. The Hall–Kier alpha value is -2.16.